The van der Waals surface area contributed by atoms with Gasteiger partial charge in [0.15, 0.2) is 5.78 Å². The first kappa shape index (κ1) is 13.6. The van der Waals surface area contributed by atoms with Crippen LogP contribution in [0.5, 0.6) is 5.75 Å². The molecule has 1 saturated heterocycles. The summed E-state index contributed by atoms with van der Waals surface area (Å²) in [6.07, 6.45) is 2.73. The number of rotatable bonds is 3. The lowest BCUT2D eigenvalue weighted by Crippen LogP contribution is -2.42. The van der Waals surface area contributed by atoms with Gasteiger partial charge >= 0.3 is 0 Å². The molecule has 1 aliphatic heterocycles. The van der Waals surface area contributed by atoms with Crippen molar-refractivity contribution < 1.29 is 14.3 Å². The third-order valence-corrected chi connectivity index (χ3v) is 4.00. The molecule has 0 spiro atoms. The predicted octanol–water partition coefficient (Wildman–Crippen LogP) is 1.91. The van der Waals surface area contributed by atoms with Crippen LogP contribution in [0, 0.1) is 0 Å². The van der Waals surface area contributed by atoms with Crippen molar-refractivity contribution in [2.24, 2.45) is 0 Å². The van der Waals surface area contributed by atoms with Gasteiger partial charge in [0.05, 0.1) is 6.61 Å². The molecule has 4 nitrogen and oxygen atoms in total. The van der Waals surface area contributed by atoms with Crippen LogP contribution in [0.1, 0.15) is 28.8 Å². The van der Waals surface area contributed by atoms with Crippen LogP contribution < -0.4 is 4.74 Å². The molecular weight excluding hydrogens is 254 g/mol. The van der Waals surface area contributed by atoms with Crippen molar-refractivity contribution in [3.05, 3.63) is 29.3 Å². The highest BCUT2D eigenvalue weighted by Crippen LogP contribution is 2.25. The summed E-state index contributed by atoms with van der Waals surface area (Å²) in [6, 6.07) is 5.81. The number of ketones is 1. The van der Waals surface area contributed by atoms with Crippen LogP contribution >= 0.6 is 0 Å². The van der Waals surface area contributed by atoms with E-state index in [9.17, 15) is 4.79 Å². The van der Waals surface area contributed by atoms with Crippen molar-refractivity contribution in [2.75, 3.05) is 33.4 Å². The molecule has 0 radical (unpaired) electrons. The maximum atomic E-state index is 11.8. The Labute approximate surface area is 119 Å². The van der Waals surface area contributed by atoms with E-state index >= 15 is 0 Å². The fourth-order valence-electron chi connectivity index (χ4n) is 2.87. The Balaban J connectivity index is 1.62. The molecule has 4 heteroatoms. The normalized spacial score (nSPS) is 23.4. The van der Waals surface area contributed by atoms with Gasteiger partial charge in [0, 0.05) is 25.1 Å². The van der Waals surface area contributed by atoms with Gasteiger partial charge in [-0.1, -0.05) is 0 Å². The van der Waals surface area contributed by atoms with Gasteiger partial charge in [-0.2, -0.15) is 0 Å². The zero-order chi connectivity index (χ0) is 13.9. The van der Waals surface area contributed by atoms with Crippen LogP contribution in [-0.2, 0) is 11.2 Å². The molecule has 20 heavy (non-hydrogen) atoms. The molecule has 0 aromatic heterocycles. The van der Waals surface area contributed by atoms with Gasteiger partial charge in [0.25, 0.3) is 0 Å². The summed E-state index contributed by atoms with van der Waals surface area (Å²) in [7, 11) is 2.10. The number of aryl methyl sites for hydroxylation is 1. The van der Waals surface area contributed by atoms with Crippen molar-refractivity contribution in [3.8, 4) is 5.75 Å². The number of fused-ring (bicyclic) bond motifs is 1. The first-order chi connectivity index (χ1) is 9.72. The van der Waals surface area contributed by atoms with Crippen molar-refractivity contribution in [1.29, 1.82) is 0 Å². The predicted molar refractivity (Wildman–Crippen MR) is 76.4 cm³/mol. The summed E-state index contributed by atoms with van der Waals surface area (Å²) in [5, 5.41) is 0. The standard InChI is InChI=1S/C16H21NO3/c1-17-7-8-19-14(10-17)11-20-13-5-6-15-12(9-13)3-2-4-16(15)18/h5-6,9,14H,2-4,7-8,10-11H2,1H3. The number of carbonyl (C=O) groups excluding carboxylic acids is 1. The number of ether oxygens (including phenoxy) is 2. The third kappa shape index (κ3) is 3.02. The van der Waals surface area contributed by atoms with E-state index < -0.39 is 0 Å². The molecule has 1 aromatic carbocycles. The van der Waals surface area contributed by atoms with E-state index in [0.29, 0.717) is 13.0 Å². The lowest BCUT2D eigenvalue weighted by atomic mass is 9.90. The summed E-state index contributed by atoms with van der Waals surface area (Å²) >= 11 is 0. The van der Waals surface area contributed by atoms with Crippen molar-refractivity contribution in [1.82, 2.24) is 4.90 Å². The number of likely N-dealkylation sites (N-methyl/N-ethyl adjacent to an activating group) is 1. The lowest BCUT2D eigenvalue weighted by molar-refractivity contribution is -0.0403. The number of benzene rings is 1. The Kier molecular flexibility index (Phi) is 4.03. The molecule has 1 heterocycles. The summed E-state index contributed by atoms with van der Waals surface area (Å²) in [5.41, 5.74) is 2.00. The Bertz CT molecular complexity index is 500. The summed E-state index contributed by atoms with van der Waals surface area (Å²) < 4.78 is 11.5. The average molecular weight is 275 g/mol. The second-order valence-electron chi connectivity index (χ2n) is 5.66. The van der Waals surface area contributed by atoms with Crippen LogP contribution in [0.4, 0.5) is 0 Å². The molecule has 1 fully saturated rings. The SMILES string of the molecule is CN1CCOC(COc2ccc3c(c2)CCCC3=O)C1. The van der Waals surface area contributed by atoms with E-state index in [2.05, 4.69) is 11.9 Å². The van der Waals surface area contributed by atoms with Crippen molar-refractivity contribution in [2.45, 2.75) is 25.4 Å². The second kappa shape index (κ2) is 5.94. The van der Waals surface area contributed by atoms with Gasteiger partial charge in [-0.25, -0.2) is 0 Å². The minimum absolute atomic E-state index is 0.131. The van der Waals surface area contributed by atoms with Gasteiger partial charge in [0.1, 0.15) is 18.5 Å². The number of hydrogen-bond donors (Lipinski definition) is 0. The number of nitrogens with zero attached hydrogens (tertiary/aromatic N) is 1. The fourth-order valence-corrected chi connectivity index (χ4v) is 2.87. The molecule has 108 valence electrons. The quantitative estimate of drug-likeness (QED) is 0.845. The zero-order valence-corrected chi connectivity index (χ0v) is 11.9. The molecule has 3 rings (SSSR count). The minimum atomic E-state index is 0.131. The van der Waals surface area contributed by atoms with E-state index in [4.69, 9.17) is 9.47 Å². The molecule has 2 aliphatic rings. The number of carbonyl (C=O) groups is 1. The molecule has 0 bridgehead atoms. The highest BCUT2D eigenvalue weighted by atomic mass is 16.5. The molecule has 1 unspecified atom stereocenters. The Morgan fingerprint density at radius 3 is 3.15 bits per heavy atom. The third-order valence-electron chi connectivity index (χ3n) is 4.00. The topological polar surface area (TPSA) is 38.8 Å². The molecule has 1 aromatic rings. The first-order valence-corrected chi connectivity index (χ1v) is 7.31. The highest BCUT2D eigenvalue weighted by Gasteiger charge is 2.20. The van der Waals surface area contributed by atoms with E-state index in [0.717, 1.165) is 49.4 Å². The molecule has 0 N–H and O–H groups in total. The van der Waals surface area contributed by atoms with E-state index in [1.54, 1.807) is 0 Å². The highest BCUT2D eigenvalue weighted by molar-refractivity contribution is 5.98. The zero-order valence-electron chi connectivity index (χ0n) is 11.9. The van der Waals surface area contributed by atoms with Crippen LogP contribution in [0.2, 0.25) is 0 Å². The maximum Gasteiger partial charge on any atom is 0.163 e. The van der Waals surface area contributed by atoms with Gasteiger partial charge in [-0.05, 0) is 43.7 Å². The Morgan fingerprint density at radius 2 is 2.30 bits per heavy atom. The smallest absolute Gasteiger partial charge is 0.163 e. The fraction of sp³-hybridized carbons (Fsp3) is 0.562. The van der Waals surface area contributed by atoms with Crippen molar-refractivity contribution >= 4 is 5.78 Å². The minimum Gasteiger partial charge on any atom is -0.491 e. The summed E-state index contributed by atoms with van der Waals surface area (Å²) in [6.45, 7) is 3.22. The van der Waals surface area contributed by atoms with Gasteiger partial charge in [-0.3, -0.25) is 4.79 Å². The van der Waals surface area contributed by atoms with Crippen LogP contribution in [-0.4, -0.2) is 50.1 Å². The van der Waals surface area contributed by atoms with E-state index in [-0.39, 0.29) is 11.9 Å². The summed E-state index contributed by atoms with van der Waals surface area (Å²) in [5.74, 6) is 1.10. The average Bonchev–Trinajstić information content (AvgIpc) is 2.45. The molecule has 0 saturated carbocycles. The van der Waals surface area contributed by atoms with Crippen LogP contribution in [0.15, 0.2) is 18.2 Å². The second-order valence-corrected chi connectivity index (χ2v) is 5.66. The largest absolute Gasteiger partial charge is 0.491 e. The number of Topliss-reactive ketones (excluding diaryl/α,β-unsaturated/α-hetero) is 1. The lowest BCUT2D eigenvalue weighted by Gasteiger charge is -2.29. The first-order valence-electron chi connectivity index (χ1n) is 7.31. The number of hydrogen-bond acceptors (Lipinski definition) is 4. The molecule has 1 atom stereocenters. The molecule has 1 aliphatic carbocycles. The Morgan fingerprint density at radius 1 is 1.40 bits per heavy atom. The van der Waals surface area contributed by atoms with Crippen LogP contribution in [0.25, 0.3) is 0 Å². The van der Waals surface area contributed by atoms with E-state index in [1.807, 2.05) is 18.2 Å². The molecule has 0 amide bonds. The van der Waals surface area contributed by atoms with E-state index in [1.165, 1.54) is 0 Å². The Hall–Kier alpha value is -1.39. The summed E-state index contributed by atoms with van der Waals surface area (Å²) in [4.78, 5) is 14.0. The van der Waals surface area contributed by atoms with Crippen LogP contribution in [0.3, 0.4) is 0 Å². The van der Waals surface area contributed by atoms with Gasteiger partial charge in [0.2, 0.25) is 0 Å². The maximum absolute atomic E-state index is 11.8. The van der Waals surface area contributed by atoms with Gasteiger partial charge < -0.3 is 14.4 Å². The number of morpholine rings is 1. The van der Waals surface area contributed by atoms with Gasteiger partial charge in [-0.15, -0.1) is 0 Å². The monoisotopic (exact) mass is 275 g/mol. The van der Waals surface area contributed by atoms with Crippen molar-refractivity contribution in [3.63, 3.8) is 0 Å². The molecular formula is C16H21NO3.